The molecule has 0 aliphatic heterocycles. The number of thiophene rings is 1. The van der Waals surface area contributed by atoms with Crippen LogP contribution in [0.4, 0.5) is 0 Å². The van der Waals surface area contributed by atoms with Crippen LogP contribution in [-0.4, -0.2) is 28.6 Å². The average Bonchev–Trinajstić information content (AvgIpc) is 3.33. The van der Waals surface area contributed by atoms with E-state index in [1.807, 2.05) is 18.5 Å². The number of rotatable bonds is 8. The molecule has 3 rings (SSSR count). The zero-order chi connectivity index (χ0) is 18.0. The molecule has 3 aromatic rings. The molecule has 27 heavy (non-hydrogen) atoms. The van der Waals surface area contributed by atoms with Gasteiger partial charge in [-0.25, -0.2) is 9.98 Å². The second-order valence-corrected chi connectivity index (χ2v) is 6.94. The minimum Gasteiger partial charge on any atom is -0.357 e. The van der Waals surface area contributed by atoms with Gasteiger partial charge in [0.25, 0.3) is 0 Å². The fraction of sp³-hybridized carbons (Fsp3) is 0.300. The summed E-state index contributed by atoms with van der Waals surface area (Å²) >= 11 is 1.79. The fourth-order valence-electron chi connectivity index (χ4n) is 2.67. The molecule has 0 unspecified atom stereocenters. The SMILES string of the molecule is CCNC(=NCc1nccn1Cc1ccccc1)NCCc1cccs1.I. The Bertz CT molecular complexity index is 799. The van der Waals surface area contributed by atoms with Gasteiger partial charge in [-0.3, -0.25) is 0 Å². The summed E-state index contributed by atoms with van der Waals surface area (Å²) in [5, 5.41) is 8.81. The van der Waals surface area contributed by atoms with Gasteiger partial charge in [0.05, 0.1) is 0 Å². The van der Waals surface area contributed by atoms with Gasteiger partial charge >= 0.3 is 0 Å². The van der Waals surface area contributed by atoms with Gasteiger partial charge in [-0.2, -0.15) is 0 Å². The van der Waals surface area contributed by atoms with E-state index in [1.54, 1.807) is 11.3 Å². The van der Waals surface area contributed by atoms with E-state index in [-0.39, 0.29) is 24.0 Å². The van der Waals surface area contributed by atoms with Crippen LogP contribution in [-0.2, 0) is 19.5 Å². The van der Waals surface area contributed by atoms with Crippen molar-refractivity contribution in [2.45, 2.75) is 26.4 Å². The topological polar surface area (TPSA) is 54.2 Å². The van der Waals surface area contributed by atoms with Crippen LogP contribution in [0.25, 0.3) is 0 Å². The molecule has 0 aliphatic rings. The molecule has 0 saturated carbocycles. The van der Waals surface area contributed by atoms with E-state index >= 15 is 0 Å². The number of nitrogens with zero attached hydrogens (tertiary/aromatic N) is 3. The molecule has 2 N–H and O–H groups in total. The van der Waals surface area contributed by atoms with Crippen molar-refractivity contribution in [2.24, 2.45) is 4.99 Å². The number of benzene rings is 1. The Labute approximate surface area is 182 Å². The second-order valence-electron chi connectivity index (χ2n) is 5.91. The number of guanidine groups is 1. The van der Waals surface area contributed by atoms with Crippen LogP contribution in [0.15, 0.2) is 65.2 Å². The zero-order valence-electron chi connectivity index (χ0n) is 15.5. The Hall–Kier alpha value is -1.87. The van der Waals surface area contributed by atoms with Gasteiger partial charge in [0.1, 0.15) is 12.4 Å². The summed E-state index contributed by atoms with van der Waals surface area (Å²) < 4.78 is 2.15. The van der Waals surface area contributed by atoms with E-state index in [0.717, 1.165) is 37.8 Å². The first-order chi connectivity index (χ1) is 12.8. The summed E-state index contributed by atoms with van der Waals surface area (Å²) in [6, 6.07) is 14.7. The number of imidazole rings is 1. The number of aliphatic imine (C=N–C) groups is 1. The van der Waals surface area contributed by atoms with Gasteiger partial charge < -0.3 is 15.2 Å². The van der Waals surface area contributed by atoms with Gasteiger partial charge in [0, 0.05) is 36.9 Å². The van der Waals surface area contributed by atoms with Crippen molar-refractivity contribution in [3.8, 4) is 0 Å². The predicted octanol–water partition coefficient (Wildman–Crippen LogP) is 3.91. The van der Waals surface area contributed by atoms with Gasteiger partial charge in [0.2, 0.25) is 0 Å². The highest BCUT2D eigenvalue weighted by molar-refractivity contribution is 14.0. The van der Waals surface area contributed by atoms with Crippen LogP contribution in [0, 0.1) is 0 Å². The lowest BCUT2D eigenvalue weighted by atomic mass is 10.2. The molecule has 7 heteroatoms. The minimum atomic E-state index is 0. The van der Waals surface area contributed by atoms with Crippen molar-refractivity contribution in [1.29, 1.82) is 0 Å². The van der Waals surface area contributed by atoms with Crippen molar-refractivity contribution < 1.29 is 0 Å². The molecule has 144 valence electrons. The smallest absolute Gasteiger partial charge is 0.191 e. The summed E-state index contributed by atoms with van der Waals surface area (Å²) in [5.41, 5.74) is 1.26. The number of hydrogen-bond donors (Lipinski definition) is 2. The number of aromatic nitrogens is 2. The monoisotopic (exact) mass is 495 g/mol. The lowest BCUT2D eigenvalue weighted by molar-refractivity contribution is 0.716. The Kier molecular flexibility index (Phi) is 9.34. The third-order valence-electron chi connectivity index (χ3n) is 3.96. The third-order valence-corrected chi connectivity index (χ3v) is 4.90. The molecule has 0 spiro atoms. The summed E-state index contributed by atoms with van der Waals surface area (Å²) in [4.78, 5) is 10.5. The molecular weight excluding hydrogens is 469 g/mol. The van der Waals surface area contributed by atoms with Gasteiger partial charge in [-0.1, -0.05) is 36.4 Å². The predicted molar refractivity (Wildman–Crippen MR) is 124 cm³/mol. The minimum absolute atomic E-state index is 0. The molecule has 0 atom stereocenters. The Morgan fingerprint density at radius 2 is 2.00 bits per heavy atom. The van der Waals surface area contributed by atoms with Crippen molar-refractivity contribution in [1.82, 2.24) is 20.2 Å². The summed E-state index contributed by atoms with van der Waals surface area (Å²) in [6.07, 6.45) is 4.85. The van der Waals surface area contributed by atoms with E-state index in [2.05, 4.69) is 68.9 Å². The van der Waals surface area contributed by atoms with Gasteiger partial charge in [-0.15, -0.1) is 35.3 Å². The van der Waals surface area contributed by atoms with Crippen LogP contribution in [0.2, 0.25) is 0 Å². The van der Waals surface area contributed by atoms with Crippen LogP contribution >= 0.6 is 35.3 Å². The highest BCUT2D eigenvalue weighted by atomic mass is 127. The van der Waals surface area contributed by atoms with Crippen molar-refractivity contribution >= 4 is 41.3 Å². The first-order valence-electron chi connectivity index (χ1n) is 8.93. The van der Waals surface area contributed by atoms with E-state index < -0.39 is 0 Å². The highest BCUT2D eigenvalue weighted by Gasteiger charge is 2.04. The van der Waals surface area contributed by atoms with Crippen LogP contribution in [0.3, 0.4) is 0 Å². The normalized spacial score (nSPS) is 11.1. The molecule has 1 aromatic carbocycles. The number of hydrogen-bond acceptors (Lipinski definition) is 3. The standard InChI is InChI=1S/C20H25N5S.HI/c1-2-21-20(23-11-10-18-9-6-14-26-18)24-15-19-22-12-13-25(19)16-17-7-4-3-5-8-17;/h3-9,12-14H,2,10-11,15-16H2,1H3,(H2,21,23,24);1H. The lowest BCUT2D eigenvalue weighted by Crippen LogP contribution is -2.38. The third kappa shape index (κ3) is 6.99. The largest absolute Gasteiger partial charge is 0.357 e. The summed E-state index contributed by atoms with van der Waals surface area (Å²) in [6.45, 7) is 5.14. The van der Waals surface area contributed by atoms with Crippen molar-refractivity contribution in [2.75, 3.05) is 13.1 Å². The molecule has 0 aliphatic carbocycles. The highest BCUT2D eigenvalue weighted by Crippen LogP contribution is 2.08. The van der Waals surface area contributed by atoms with Crippen LogP contribution in [0.5, 0.6) is 0 Å². The van der Waals surface area contributed by atoms with Crippen molar-refractivity contribution in [3.63, 3.8) is 0 Å². The fourth-order valence-corrected chi connectivity index (χ4v) is 3.38. The molecule has 0 saturated heterocycles. The summed E-state index contributed by atoms with van der Waals surface area (Å²) in [5.74, 6) is 1.79. The van der Waals surface area contributed by atoms with Crippen LogP contribution < -0.4 is 10.6 Å². The van der Waals surface area contributed by atoms with E-state index in [4.69, 9.17) is 4.99 Å². The Morgan fingerprint density at radius 1 is 1.15 bits per heavy atom. The zero-order valence-corrected chi connectivity index (χ0v) is 18.6. The Morgan fingerprint density at radius 3 is 2.74 bits per heavy atom. The number of halogens is 1. The number of nitrogens with one attached hydrogen (secondary N) is 2. The molecule has 0 amide bonds. The van der Waals surface area contributed by atoms with Gasteiger partial charge in [0.15, 0.2) is 5.96 Å². The molecule has 0 bridgehead atoms. The molecular formula is C20H26IN5S. The summed E-state index contributed by atoms with van der Waals surface area (Å²) in [7, 11) is 0. The Balaban J connectivity index is 0.00000261. The average molecular weight is 495 g/mol. The molecule has 0 fully saturated rings. The van der Waals surface area contributed by atoms with E-state index in [0.29, 0.717) is 6.54 Å². The maximum atomic E-state index is 4.69. The van der Waals surface area contributed by atoms with Gasteiger partial charge in [-0.05, 0) is 30.4 Å². The van der Waals surface area contributed by atoms with E-state index in [1.165, 1.54) is 10.4 Å². The van der Waals surface area contributed by atoms with Crippen LogP contribution in [0.1, 0.15) is 23.2 Å². The maximum Gasteiger partial charge on any atom is 0.191 e. The molecule has 0 radical (unpaired) electrons. The lowest BCUT2D eigenvalue weighted by Gasteiger charge is -2.11. The molecule has 2 aromatic heterocycles. The quantitative estimate of drug-likeness (QED) is 0.283. The second kappa shape index (κ2) is 11.8. The van der Waals surface area contributed by atoms with Crippen molar-refractivity contribution in [3.05, 3.63) is 76.5 Å². The first kappa shape index (κ1) is 21.4. The molecule has 2 heterocycles. The van der Waals surface area contributed by atoms with E-state index in [9.17, 15) is 0 Å². The first-order valence-corrected chi connectivity index (χ1v) is 9.81. The maximum absolute atomic E-state index is 4.69. The molecule has 5 nitrogen and oxygen atoms in total.